The third-order valence-corrected chi connectivity index (χ3v) is 6.92. The van der Waals surface area contributed by atoms with Gasteiger partial charge >= 0.3 is 0 Å². The molecule has 0 radical (unpaired) electrons. The molecule has 1 unspecified atom stereocenters. The molecule has 2 aromatic carbocycles. The molecule has 7 heteroatoms. The number of amides is 1. The number of benzene rings is 2. The molecule has 4 rings (SSSR count). The van der Waals surface area contributed by atoms with E-state index in [2.05, 4.69) is 64.9 Å². The lowest BCUT2D eigenvalue weighted by molar-refractivity contribution is -0.116. The zero-order valence-corrected chi connectivity index (χ0v) is 19.9. The molecular formula is C25H31N5OS. The molecule has 0 saturated carbocycles. The van der Waals surface area contributed by atoms with E-state index in [1.54, 1.807) is 0 Å². The average Bonchev–Trinajstić information content (AvgIpc) is 3.20. The van der Waals surface area contributed by atoms with Crippen molar-refractivity contribution >= 4 is 23.4 Å². The standard InChI is InChI=1S/C25H31N5OS/c1-4-21(28(2)3)24-26-27-25(30(24)17-19-11-6-5-7-12-19)32-18-23(31)29-16-10-14-20-13-8-9-15-22(20)29/h5-9,11-13,15,21H,4,10,14,16-18H2,1-3H3. The topological polar surface area (TPSA) is 54.3 Å². The van der Waals surface area contributed by atoms with E-state index in [1.807, 2.05) is 35.2 Å². The van der Waals surface area contributed by atoms with Crippen molar-refractivity contribution in [2.45, 2.75) is 43.9 Å². The average molecular weight is 450 g/mol. The molecule has 32 heavy (non-hydrogen) atoms. The van der Waals surface area contributed by atoms with Crippen molar-refractivity contribution in [3.63, 3.8) is 0 Å². The fourth-order valence-electron chi connectivity index (χ4n) is 4.34. The molecule has 0 saturated heterocycles. The SMILES string of the molecule is CCC(c1nnc(SCC(=O)N2CCCc3ccccc32)n1Cc1ccccc1)N(C)C. The molecule has 1 aliphatic rings. The Morgan fingerprint density at radius 2 is 1.84 bits per heavy atom. The third kappa shape index (κ3) is 4.89. The minimum atomic E-state index is 0.123. The van der Waals surface area contributed by atoms with Crippen LogP contribution in [0.1, 0.15) is 42.8 Å². The molecule has 3 aromatic rings. The summed E-state index contributed by atoms with van der Waals surface area (Å²) in [5.74, 6) is 1.41. The number of hydrogen-bond donors (Lipinski definition) is 0. The highest BCUT2D eigenvalue weighted by molar-refractivity contribution is 7.99. The highest BCUT2D eigenvalue weighted by atomic mass is 32.2. The largest absolute Gasteiger partial charge is 0.311 e. The summed E-state index contributed by atoms with van der Waals surface area (Å²) >= 11 is 1.48. The summed E-state index contributed by atoms with van der Waals surface area (Å²) in [6, 6.07) is 18.7. The lowest BCUT2D eigenvalue weighted by Gasteiger charge is -2.29. The Balaban J connectivity index is 1.56. The monoisotopic (exact) mass is 449 g/mol. The Bertz CT molecular complexity index is 1050. The fraction of sp³-hybridized carbons (Fsp3) is 0.400. The molecule has 1 aromatic heterocycles. The zero-order chi connectivity index (χ0) is 22.5. The predicted octanol–water partition coefficient (Wildman–Crippen LogP) is 4.41. The van der Waals surface area contributed by atoms with Crippen LogP contribution < -0.4 is 4.90 Å². The van der Waals surface area contributed by atoms with Gasteiger partial charge in [-0.2, -0.15) is 0 Å². The predicted molar refractivity (Wildman–Crippen MR) is 130 cm³/mol. The Kier molecular flexibility index (Phi) is 7.27. The van der Waals surface area contributed by atoms with Crippen molar-refractivity contribution in [2.24, 2.45) is 0 Å². The van der Waals surface area contributed by atoms with Crippen molar-refractivity contribution in [2.75, 3.05) is 31.3 Å². The molecule has 1 amide bonds. The van der Waals surface area contributed by atoms with Crippen LogP contribution in [0, 0.1) is 0 Å². The number of thioether (sulfide) groups is 1. The number of carbonyl (C=O) groups is 1. The van der Waals surface area contributed by atoms with E-state index < -0.39 is 0 Å². The van der Waals surface area contributed by atoms with E-state index in [-0.39, 0.29) is 11.9 Å². The third-order valence-electron chi connectivity index (χ3n) is 5.97. The lowest BCUT2D eigenvalue weighted by Crippen LogP contribution is -2.36. The number of aromatic nitrogens is 3. The van der Waals surface area contributed by atoms with E-state index in [1.165, 1.54) is 22.9 Å². The number of anilines is 1. The van der Waals surface area contributed by atoms with Crippen molar-refractivity contribution in [3.05, 3.63) is 71.5 Å². The van der Waals surface area contributed by atoms with Crippen LogP contribution in [0.15, 0.2) is 59.8 Å². The molecule has 0 aliphatic carbocycles. The molecule has 0 N–H and O–H groups in total. The van der Waals surface area contributed by atoms with Crippen LogP contribution in [0.2, 0.25) is 0 Å². The number of rotatable bonds is 8. The van der Waals surface area contributed by atoms with Crippen LogP contribution in [-0.2, 0) is 17.8 Å². The second-order valence-corrected chi connectivity index (χ2v) is 9.31. The van der Waals surface area contributed by atoms with Gasteiger partial charge in [0.25, 0.3) is 0 Å². The molecule has 0 fully saturated rings. The Labute approximate surface area is 194 Å². The van der Waals surface area contributed by atoms with Crippen molar-refractivity contribution in [1.82, 2.24) is 19.7 Å². The quantitative estimate of drug-likeness (QED) is 0.477. The number of fused-ring (bicyclic) bond motifs is 1. The first-order chi connectivity index (χ1) is 15.6. The normalized spacial score (nSPS) is 14.4. The Morgan fingerprint density at radius 1 is 1.09 bits per heavy atom. The van der Waals surface area contributed by atoms with Crippen molar-refractivity contribution in [3.8, 4) is 0 Å². The van der Waals surface area contributed by atoms with Gasteiger partial charge in [0.2, 0.25) is 5.91 Å². The van der Waals surface area contributed by atoms with Crippen molar-refractivity contribution < 1.29 is 4.79 Å². The van der Waals surface area contributed by atoms with Crippen LogP contribution in [0.25, 0.3) is 0 Å². The Hall–Kier alpha value is -2.64. The second-order valence-electron chi connectivity index (χ2n) is 8.37. The van der Waals surface area contributed by atoms with Gasteiger partial charge in [-0.15, -0.1) is 10.2 Å². The van der Waals surface area contributed by atoms with Crippen molar-refractivity contribution in [1.29, 1.82) is 0 Å². The van der Waals surface area contributed by atoms with Gasteiger partial charge in [-0.3, -0.25) is 9.69 Å². The first-order valence-corrected chi connectivity index (χ1v) is 12.2. The summed E-state index contributed by atoms with van der Waals surface area (Å²) < 4.78 is 2.17. The maximum absolute atomic E-state index is 13.1. The number of aryl methyl sites for hydroxylation is 1. The molecule has 6 nitrogen and oxygen atoms in total. The zero-order valence-electron chi connectivity index (χ0n) is 19.1. The molecule has 168 valence electrons. The Morgan fingerprint density at radius 3 is 2.59 bits per heavy atom. The molecule has 0 spiro atoms. The summed E-state index contributed by atoms with van der Waals surface area (Å²) in [5, 5.41) is 9.85. The van der Waals surface area contributed by atoms with E-state index >= 15 is 0 Å². The van der Waals surface area contributed by atoms with Gasteiger partial charge in [0.1, 0.15) is 0 Å². The van der Waals surface area contributed by atoms with Crippen LogP contribution in [0.3, 0.4) is 0 Å². The molecule has 2 heterocycles. The minimum Gasteiger partial charge on any atom is -0.311 e. The van der Waals surface area contributed by atoms with Crippen LogP contribution in [-0.4, -0.2) is 52.0 Å². The highest BCUT2D eigenvalue weighted by Crippen LogP contribution is 2.29. The molecular weight excluding hydrogens is 418 g/mol. The number of para-hydroxylation sites is 1. The van der Waals surface area contributed by atoms with E-state index in [4.69, 9.17) is 0 Å². The maximum Gasteiger partial charge on any atom is 0.237 e. The first kappa shape index (κ1) is 22.6. The van der Waals surface area contributed by atoms with E-state index in [9.17, 15) is 4.79 Å². The summed E-state index contributed by atoms with van der Waals surface area (Å²) in [7, 11) is 4.14. The molecule has 1 atom stereocenters. The maximum atomic E-state index is 13.1. The minimum absolute atomic E-state index is 0.123. The number of nitrogens with zero attached hydrogens (tertiary/aromatic N) is 5. The van der Waals surface area contributed by atoms with Gasteiger partial charge < -0.3 is 9.47 Å². The van der Waals surface area contributed by atoms with Gasteiger partial charge in [0.15, 0.2) is 11.0 Å². The van der Waals surface area contributed by atoms with E-state index in [0.29, 0.717) is 12.3 Å². The first-order valence-electron chi connectivity index (χ1n) is 11.2. The van der Waals surface area contributed by atoms with Gasteiger partial charge in [-0.05, 0) is 50.6 Å². The fourth-order valence-corrected chi connectivity index (χ4v) is 5.16. The van der Waals surface area contributed by atoms with Crippen LogP contribution >= 0.6 is 11.8 Å². The molecule has 1 aliphatic heterocycles. The van der Waals surface area contributed by atoms with Gasteiger partial charge in [0, 0.05) is 12.2 Å². The summed E-state index contributed by atoms with van der Waals surface area (Å²) in [5.41, 5.74) is 3.50. The highest BCUT2D eigenvalue weighted by Gasteiger charge is 2.25. The smallest absolute Gasteiger partial charge is 0.237 e. The summed E-state index contributed by atoms with van der Waals surface area (Å²) in [6.45, 7) is 3.63. The number of hydrogen-bond acceptors (Lipinski definition) is 5. The lowest BCUT2D eigenvalue weighted by atomic mass is 10.0. The van der Waals surface area contributed by atoms with Crippen LogP contribution in [0.5, 0.6) is 0 Å². The number of carbonyl (C=O) groups excluding carboxylic acids is 1. The van der Waals surface area contributed by atoms with Crippen LogP contribution in [0.4, 0.5) is 5.69 Å². The van der Waals surface area contributed by atoms with E-state index in [0.717, 1.165) is 42.5 Å². The molecule has 0 bridgehead atoms. The van der Waals surface area contributed by atoms with Gasteiger partial charge in [-0.25, -0.2) is 0 Å². The summed E-state index contributed by atoms with van der Waals surface area (Å²) in [6.07, 6.45) is 2.97. The van der Waals surface area contributed by atoms with Gasteiger partial charge in [0.05, 0.1) is 18.3 Å². The van der Waals surface area contributed by atoms with Gasteiger partial charge in [-0.1, -0.05) is 67.2 Å². The summed E-state index contributed by atoms with van der Waals surface area (Å²) in [4.78, 5) is 17.3. The second kappa shape index (κ2) is 10.3.